The first kappa shape index (κ1) is 19.2. The summed E-state index contributed by atoms with van der Waals surface area (Å²) in [5, 5.41) is 5.34. The van der Waals surface area contributed by atoms with Gasteiger partial charge in [0, 0.05) is 24.0 Å². The highest BCUT2D eigenvalue weighted by Crippen LogP contribution is 2.19. The number of fused-ring (bicyclic) bond motifs is 1. The van der Waals surface area contributed by atoms with E-state index in [2.05, 4.69) is 10.6 Å². The third-order valence-corrected chi connectivity index (χ3v) is 4.00. The van der Waals surface area contributed by atoms with Gasteiger partial charge in [0.15, 0.2) is 5.58 Å². The third kappa shape index (κ3) is 4.22. The molecule has 1 heterocycles. The zero-order valence-corrected chi connectivity index (χ0v) is 15.7. The van der Waals surface area contributed by atoms with E-state index in [1.807, 2.05) is 6.92 Å². The maximum Gasteiger partial charge on any atom is 0.419 e. The van der Waals surface area contributed by atoms with Crippen LogP contribution in [0.15, 0.2) is 51.7 Å². The minimum absolute atomic E-state index is 0.273. The van der Waals surface area contributed by atoms with Gasteiger partial charge in [-0.2, -0.15) is 0 Å². The summed E-state index contributed by atoms with van der Waals surface area (Å²) in [5.74, 6) is -0.877. The van der Waals surface area contributed by atoms with E-state index < -0.39 is 17.8 Å². The van der Waals surface area contributed by atoms with Crippen molar-refractivity contribution in [2.24, 2.45) is 0 Å². The van der Waals surface area contributed by atoms with E-state index >= 15 is 0 Å². The number of amides is 2. The molecule has 3 aromatic rings. The van der Waals surface area contributed by atoms with E-state index in [0.29, 0.717) is 34.6 Å². The quantitative estimate of drug-likeness (QED) is 0.630. The van der Waals surface area contributed by atoms with Crippen LogP contribution in [0, 0.1) is 0 Å². The molecule has 2 amide bonds. The summed E-state index contributed by atoms with van der Waals surface area (Å²) in [6.07, 6.45) is 0.807. The second-order valence-corrected chi connectivity index (χ2v) is 6.08. The Morgan fingerprint density at radius 3 is 2.54 bits per heavy atom. The smallest absolute Gasteiger partial charge is 0.419 e. The number of urea groups is 1. The van der Waals surface area contributed by atoms with Crippen LogP contribution in [0.25, 0.3) is 11.1 Å². The fraction of sp³-hybridized carbons (Fsp3) is 0.250. The summed E-state index contributed by atoms with van der Waals surface area (Å²) in [6.45, 7) is 4.54. The number of nitrogens with one attached hydrogen (secondary N) is 2. The van der Waals surface area contributed by atoms with Crippen molar-refractivity contribution < 1.29 is 18.7 Å². The molecule has 1 aromatic heterocycles. The van der Waals surface area contributed by atoms with Crippen LogP contribution in [0.5, 0.6) is 0 Å². The van der Waals surface area contributed by atoms with Gasteiger partial charge >= 0.3 is 17.8 Å². The maximum absolute atomic E-state index is 12.3. The van der Waals surface area contributed by atoms with Crippen LogP contribution < -0.4 is 16.4 Å². The first-order chi connectivity index (χ1) is 13.5. The molecule has 0 fully saturated rings. The number of nitrogens with zero attached hydrogens (tertiary/aromatic N) is 1. The van der Waals surface area contributed by atoms with Crippen LogP contribution in [0.4, 0.5) is 16.2 Å². The number of benzene rings is 2. The van der Waals surface area contributed by atoms with Crippen molar-refractivity contribution >= 4 is 34.5 Å². The number of anilines is 2. The molecule has 0 radical (unpaired) electrons. The van der Waals surface area contributed by atoms with Gasteiger partial charge in [0.25, 0.3) is 0 Å². The lowest BCUT2D eigenvalue weighted by molar-refractivity contribution is 0.0526. The van der Waals surface area contributed by atoms with Crippen LogP contribution in [0.2, 0.25) is 0 Å². The van der Waals surface area contributed by atoms with E-state index in [-0.39, 0.29) is 6.61 Å². The van der Waals surface area contributed by atoms with E-state index in [1.165, 1.54) is 6.07 Å². The number of esters is 1. The lowest BCUT2D eigenvalue weighted by Gasteiger charge is -2.09. The Morgan fingerprint density at radius 2 is 1.82 bits per heavy atom. The largest absolute Gasteiger partial charge is 0.462 e. The third-order valence-electron chi connectivity index (χ3n) is 4.00. The van der Waals surface area contributed by atoms with Gasteiger partial charge in [-0.3, -0.25) is 4.57 Å². The summed E-state index contributed by atoms with van der Waals surface area (Å²) < 4.78 is 11.7. The summed E-state index contributed by atoms with van der Waals surface area (Å²) in [7, 11) is 0. The second kappa shape index (κ2) is 8.43. The van der Waals surface area contributed by atoms with Gasteiger partial charge < -0.3 is 19.8 Å². The molecule has 28 heavy (non-hydrogen) atoms. The average molecular weight is 383 g/mol. The number of aromatic nitrogens is 1. The molecule has 146 valence electrons. The fourth-order valence-corrected chi connectivity index (χ4v) is 2.81. The number of carbonyl (C=O) groups excluding carboxylic acids is 2. The van der Waals surface area contributed by atoms with Gasteiger partial charge in [0.05, 0.1) is 17.7 Å². The predicted octanol–water partition coefficient (Wildman–Crippen LogP) is 3.83. The molecular formula is C20H21N3O5. The highest BCUT2D eigenvalue weighted by Gasteiger charge is 2.11. The molecule has 0 atom stereocenters. The number of oxazole rings is 1. The van der Waals surface area contributed by atoms with Crippen molar-refractivity contribution in [2.75, 3.05) is 17.2 Å². The summed E-state index contributed by atoms with van der Waals surface area (Å²) in [5.41, 5.74) is 2.36. The van der Waals surface area contributed by atoms with Crippen LogP contribution in [0.1, 0.15) is 30.6 Å². The molecule has 3 rings (SSSR count). The Morgan fingerprint density at radius 1 is 1.07 bits per heavy atom. The van der Waals surface area contributed by atoms with Crippen molar-refractivity contribution in [1.82, 2.24) is 4.57 Å². The van der Waals surface area contributed by atoms with Gasteiger partial charge in [-0.05, 0) is 43.7 Å². The van der Waals surface area contributed by atoms with Crippen molar-refractivity contribution in [3.8, 4) is 0 Å². The van der Waals surface area contributed by atoms with E-state index in [1.54, 1.807) is 47.9 Å². The van der Waals surface area contributed by atoms with Gasteiger partial charge in [0.1, 0.15) is 0 Å². The Kier molecular flexibility index (Phi) is 5.78. The topological polar surface area (TPSA) is 103 Å². The lowest BCUT2D eigenvalue weighted by Crippen LogP contribution is -2.19. The molecule has 0 aliphatic rings. The zero-order valence-electron chi connectivity index (χ0n) is 15.7. The molecule has 0 saturated heterocycles. The van der Waals surface area contributed by atoms with E-state index in [4.69, 9.17) is 9.15 Å². The molecule has 0 unspecified atom stereocenters. The molecule has 0 saturated carbocycles. The number of ether oxygens (including phenoxy) is 1. The van der Waals surface area contributed by atoms with Crippen LogP contribution >= 0.6 is 0 Å². The number of carbonyl (C=O) groups is 2. The molecule has 8 heteroatoms. The van der Waals surface area contributed by atoms with Gasteiger partial charge in [-0.25, -0.2) is 14.4 Å². The molecule has 8 nitrogen and oxygen atoms in total. The van der Waals surface area contributed by atoms with Crippen molar-refractivity contribution in [1.29, 1.82) is 0 Å². The summed E-state index contributed by atoms with van der Waals surface area (Å²) in [6, 6.07) is 11.0. The molecule has 2 N–H and O–H groups in total. The Hall–Kier alpha value is -3.55. The SMILES string of the molecule is CCCn1c(=O)oc2cc(NC(=O)Nc3cccc(C(=O)OCC)c3)ccc21. The average Bonchev–Trinajstić information content (AvgIpc) is 2.97. The first-order valence-corrected chi connectivity index (χ1v) is 9.00. The molecule has 0 aliphatic carbocycles. The normalized spacial score (nSPS) is 10.6. The van der Waals surface area contributed by atoms with Crippen LogP contribution in [0.3, 0.4) is 0 Å². The minimum atomic E-state index is -0.490. The lowest BCUT2D eigenvalue weighted by atomic mass is 10.2. The minimum Gasteiger partial charge on any atom is -0.462 e. The first-order valence-electron chi connectivity index (χ1n) is 9.00. The molecular weight excluding hydrogens is 362 g/mol. The number of rotatable bonds is 6. The Balaban J connectivity index is 1.72. The monoisotopic (exact) mass is 383 g/mol. The number of aryl methyl sites for hydroxylation is 1. The van der Waals surface area contributed by atoms with Crippen molar-refractivity contribution in [2.45, 2.75) is 26.8 Å². The van der Waals surface area contributed by atoms with Gasteiger partial charge in [0.2, 0.25) is 0 Å². The van der Waals surface area contributed by atoms with E-state index in [9.17, 15) is 14.4 Å². The Labute approximate surface area is 161 Å². The number of hydrogen-bond acceptors (Lipinski definition) is 5. The second-order valence-electron chi connectivity index (χ2n) is 6.08. The predicted molar refractivity (Wildman–Crippen MR) is 106 cm³/mol. The van der Waals surface area contributed by atoms with Gasteiger partial charge in [-0.1, -0.05) is 13.0 Å². The van der Waals surface area contributed by atoms with E-state index in [0.717, 1.165) is 6.42 Å². The zero-order chi connectivity index (χ0) is 20.1. The van der Waals surface area contributed by atoms with Crippen molar-refractivity contribution in [3.05, 3.63) is 58.6 Å². The fourth-order valence-electron chi connectivity index (χ4n) is 2.81. The van der Waals surface area contributed by atoms with Crippen molar-refractivity contribution in [3.63, 3.8) is 0 Å². The molecule has 0 spiro atoms. The van der Waals surface area contributed by atoms with Gasteiger partial charge in [-0.15, -0.1) is 0 Å². The number of hydrogen-bond donors (Lipinski definition) is 2. The summed E-state index contributed by atoms with van der Waals surface area (Å²) >= 11 is 0. The molecule has 0 bridgehead atoms. The van der Waals surface area contributed by atoms with Crippen LogP contribution in [-0.4, -0.2) is 23.2 Å². The molecule has 2 aromatic carbocycles. The molecule has 0 aliphatic heterocycles. The Bertz CT molecular complexity index is 1070. The maximum atomic E-state index is 12.3. The van der Waals surface area contributed by atoms with Crippen LogP contribution in [-0.2, 0) is 11.3 Å². The highest BCUT2D eigenvalue weighted by atomic mass is 16.5. The summed E-state index contributed by atoms with van der Waals surface area (Å²) in [4.78, 5) is 35.9. The highest BCUT2D eigenvalue weighted by molar-refractivity contribution is 6.01. The standard InChI is InChI=1S/C20H21N3O5/c1-3-10-23-16-9-8-15(12-17(16)28-20(23)26)22-19(25)21-14-7-5-6-13(11-14)18(24)27-4-2/h5-9,11-12H,3-4,10H2,1-2H3,(H2,21,22,25).